The molecule has 0 aliphatic carbocycles. The van der Waals surface area contributed by atoms with Crippen LogP contribution in [0.4, 0.5) is 0 Å². The smallest absolute Gasteiger partial charge is 0.220 e. The highest BCUT2D eigenvalue weighted by molar-refractivity contribution is 5.76. The van der Waals surface area contributed by atoms with Gasteiger partial charge in [0.15, 0.2) is 0 Å². The average molecular weight is 306 g/mol. The molecule has 1 amide bonds. The Morgan fingerprint density at radius 2 is 2.00 bits per heavy atom. The minimum Gasteiger partial charge on any atom is -0.349 e. The highest BCUT2D eigenvalue weighted by atomic mass is 16.1. The molecule has 1 aromatic rings. The Morgan fingerprint density at radius 3 is 2.59 bits per heavy atom. The van der Waals surface area contributed by atoms with Crippen LogP contribution < -0.4 is 5.32 Å². The predicted molar refractivity (Wildman–Crippen MR) is 88.6 cm³/mol. The van der Waals surface area contributed by atoms with Crippen LogP contribution in [0.2, 0.25) is 0 Å². The third-order valence-electron chi connectivity index (χ3n) is 4.47. The second kappa shape index (κ2) is 8.32. The number of likely N-dealkylation sites (tertiary alicyclic amines) is 1. The molecule has 0 radical (unpaired) electrons. The number of nitrogens with one attached hydrogen (secondary N) is 1. The lowest BCUT2D eigenvalue weighted by Crippen LogP contribution is -2.29. The van der Waals surface area contributed by atoms with E-state index in [1.165, 1.54) is 38.8 Å². The summed E-state index contributed by atoms with van der Waals surface area (Å²) >= 11 is 0. The van der Waals surface area contributed by atoms with Crippen LogP contribution in [-0.4, -0.2) is 40.2 Å². The number of aryl methyl sites for hydroxylation is 2. The van der Waals surface area contributed by atoms with E-state index in [4.69, 9.17) is 0 Å². The molecule has 1 saturated heterocycles. The normalized spacial score (nSPS) is 18.0. The van der Waals surface area contributed by atoms with Crippen LogP contribution in [0.15, 0.2) is 6.20 Å². The van der Waals surface area contributed by atoms with E-state index < -0.39 is 0 Å². The first kappa shape index (κ1) is 17.0. The van der Waals surface area contributed by atoms with Crippen molar-refractivity contribution in [1.29, 1.82) is 0 Å². The molecular formula is C17H30N4O. The molecule has 5 nitrogen and oxygen atoms in total. The summed E-state index contributed by atoms with van der Waals surface area (Å²) in [6.45, 7) is 7.46. The summed E-state index contributed by atoms with van der Waals surface area (Å²) in [4.78, 5) is 14.6. The average Bonchev–Trinajstić information content (AvgIpc) is 2.66. The number of carbonyl (C=O) groups is 1. The number of hydrogen-bond donors (Lipinski definition) is 1. The van der Waals surface area contributed by atoms with Gasteiger partial charge in [-0.25, -0.2) is 0 Å². The summed E-state index contributed by atoms with van der Waals surface area (Å²) in [5, 5.41) is 7.42. The van der Waals surface area contributed by atoms with Crippen LogP contribution in [-0.2, 0) is 11.8 Å². The van der Waals surface area contributed by atoms with E-state index >= 15 is 0 Å². The van der Waals surface area contributed by atoms with Gasteiger partial charge in [0, 0.05) is 25.2 Å². The second-order valence-corrected chi connectivity index (χ2v) is 6.49. The highest BCUT2D eigenvalue weighted by Gasteiger charge is 2.15. The van der Waals surface area contributed by atoms with E-state index in [2.05, 4.69) is 15.3 Å². The molecule has 5 heteroatoms. The van der Waals surface area contributed by atoms with Gasteiger partial charge in [-0.2, -0.15) is 5.10 Å². The van der Waals surface area contributed by atoms with Crippen LogP contribution in [0.3, 0.4) is 0 Å². The Balaban J connectivity index is 1.70. The fourth-order valence-electron chi connectivity index (χ4n) is 3.26. The SMILES string of the molecule is Cc1nn(C)cc1C(C)NC(=O)CCCN1CCCCCC1. The van der Waals surface area contributed by atoms with E-state index in [9.17, 15) is 4.79 Å². The van der Waals surface area contributed by atoms with Crippen molar-refractivity contribution in [2.45, 2.75) is 58.4 Å². The first-order valence-corrected chi connectivity index (χ1v) is 8.58. The molecule has 124 valence electrons. The van der Waals surface area contributed by atoms with Gasteiger partial charge >= 0.3 is 0 Å². The maximum absolute atomic E-state index is 12.1. The third kappa shape index (κ3) is 5.13. The molecule has 1 aliphatic rings. The molecule has 1 atom stereocenters. The molecule has 0 spiro atoms. The maximum Gasteiger partial charge on any atom is 0.220 e. The van der Waals surface area contributed by atoms with Crippen LogP contribution in [0.1, 0.15) is 62.7 Å². The Kier molecular flexibility index (Phi) is 6.43. The zero-order valence-corrected chi connectivity index (χ0v) is 14.3. The summed E-state index contributed by atoms with van der Waals surface area (Å²) < 4.78 is 1.80. The van der Waals surface area contributed by atoms with E-state index in [-0.39, 0.29) is 11.9 Å². The van der Waals surface area contributed by atoms with Crippen molar-refractivity contribution >= 4 is 5.91 Å². The molecular weight excluding hydrogens is 276 g/mol. The van der Waals surface area contributed by atoms with Gasteiger partial charge < -0.3 is 10.2 Å². The topological polar surface area (TPSA) is 50.2 Å². The highest BCUT2D eigenvalue weighted by Crippen LogP contribution is 2.16. The summed E-state index contributed by atoms with van der Waals surface area (Å²) in [7, 11) is 1.91. The molecule has 1 unspecified atom stereocenters. The fraction of sp³-hybridized carbons (Fsp3) is 0.765. The van der Waals surface area contributed by atoms with Gasteiger partial charge in [0.25, 0.3) is 0 Å². The third-order valence-corrected chi connectivity index (χ3v) is 4.47. The van der Waals surface area contributed by atoms with Gasteiger partial charge in [-0.1, -0.05) is 12.8 Å². The summed E-state index contributed by atoms with van der Waals surface area (Å²) in [6, 6.07) is 0.0272. The van der Waals surface area contributed by atoms with Crippen molar-refractivity contribution in [3.05, 3.63) is 17.5 Å². The molecule has 2 heterocycles. The maximum atomic E-state index is 12.1. The van der Waals surface area contributed by atoms with Crippen LogP contribution in [0, 0.1) is 6.92 Å². The van der Waals surface area contributed by atoms with Gasteiger partial charge in [0.2, 0.25) is 5.91 Å². The lowest BCUT2D eigenvalue weighted by Gasteiger charge is -2.19. The molecule has 1 fully saturated rings. The molecule has 1 aliphatic heterocycles. The first-order valence-electron chi connectivity index (χ1n) is 8.58. The Bertz CT molecular complexity index is 475. The zero-order valence-electron chi connectivity index (χ0n) is 14.3. The first-order chi connectivity index (χ1) is 10.6. The van der Waals surface area contributed by atoms with Gasteiger partial charge in [0.05, 0.1) is 11.7 Å². The summed E-state index contributed by atoms with van der Waals surface area (Å²) in [5.74, 6) is 0.144. The van der Waals surface area contributed by atoms with Crippen molar-refractivity contribution in [3.8, 4) is 0 Å². The minimum atomic E-state index is 0.0272. The standard InChI is InChI=1S/C17H30N4O/c1-14(16-13-20(3)19-15(16)2)18-17(22)9-8-12-21-10-6-4-5-7-11-21/h13-14H,4-12H2,1-3H3,(H,18,22). The lowest BCUT2D eigenvalue weighted by atomic mass is 10.1. The molecule has 1 N–H and O–H groups in total. The van der Waals surface area contributed by atoms with E-state index in [0.29, 0.717) is 6.42 Å². The summed E-state index contributed by atoms with van der Waals surface area (Å²) in [5.41, 5.74) is 2.09. The van der Waals surface area contributed by atoms with Gasteiger partial charge in [-0.05, 0) is 52.7 Å². The van der Waals surface area contributed by atoms with Crippen LogP contribution in [0.25, 0.3) is 0 Å². The predicted octanol–water partition coefficient (Wildman–Crippen LogP) is 2.56. The van der Waals surface area contributed by atoms with Crippen molar-refractivity contribution in [2.24, 2.45) is 7.05 Å². The Hall–Kier alpha value is -1.36. The molecule has 0 saturated carbocycles. The van der Waals surface area contributed by atoms with E-state index in [1.807, 2.05) is 27.1 Å². The molecule has 2 rings (SSSR count). The monoisotopic (exact) mass is 306 g/mol. The Morgan fingerprint density at radius 1 is 1.32 bits per heavy atom. The van der Waals surface area contributed by atoms with Gasteiger partial charge in [0.1, 0.15) is 0 Å². The quantitative estimate of drug-likeness (QED) is 0.879. The number of hydrogen-bond acceptors (Lipinski definition) is 3. The van der Waals surface area contributed by atoms with Crippen molar-refractivity contribution in [2.75, 3.05) is 19.6 Å². The fourth-order valence-corrected chi connectivity index (χ4v) is 3.26. The molecule has 0 bridgehead atoms. The van der Waals surface area contributed by atoms with Crippen LogP contribution >= 0.6 is 0 Å². The second-order valence-electron chi connectivity index (χ2n) is 6.49. The zero-order chi connectivity index (χ0) is 15.9. The molecule has 0 aromatic carbocycles. The lowest BCUT2D eigenvalue weighted by molar-refractivity contribution is -0.121. The number of carbonyl (C=O) groups excluding carboxylic acids is 1. The van der Waals surface area contributed by atoms with E-state index in [0.717, 1.165) is 24.2 Å². The van der Waals surface area contributed by atoms with Crippen molar-refractivity contribution < 1.29 is 4.79 Å². The molecule has 1 aromatic heterocycles. The minimum absolute atomic E-state index is 0.0272. The number of rotatable bonds is 6. The van der Waals surface area contributed by atoms with Gasteiger partial charge in [-0.15, -0.1) is 0 Å². The molecule has 22 heavy (non-hydrogen) atoms. The Labute approximate surface area is 134 Å². The van der Waals surface area contributed by atoms with Gasteiger partial charge in [-0.3, -0.25) is 9.48 Å². The van der Waals surface area contributed by atoms with Crippen molar-refractivity contribution in [1.82, 2.24) is 20.0 Å². The summed E-state index contributed by atoms with van der Waals surface area (Å²) in [6.07, 6.45) is 8.88. The number of amides is 1. The largest absolute Gasteiger partial charge is 0.349 e. The number of nitrogens with zero attached hydrogens (tertiary/aromatic N) is 3. The number of aromatic nitrogens is 2. The van der Waals surface area contributed by atoms with Crippen LogP contribution in [0.5, 0.6) is 0 Å². The van der Waals surface area contributed by atoms with Crippen molar-refractivity contribution in [3.63, 3.8) is 0 Å². The van der Waals surface area contributed by atoms with E-state index in [1.54, 1.807) is 4.68 Å².